The summed E-state index contributed by atoms with van der Waals surface area (Å²) < 4.78 is 1.17. The van der Waals surface area contributed by atoms with Gasteiger partial charge in [0.1, 0.15) is 0 Å². The summed E-state index contributed by atoms with van der Waals surface area (Å²) in [5, 5.41) is 5.79. The van der Waals surface area contributed by atoms with Gasteiger partial charge < -0.3 is 5.32 Å². The Balaban J connectivity index is 2.01. The molecule has 0 bridgehead atoms. The summed E-state index contributed by atoms with van der Waals surface area (Å²) in [6, 6.07) is 11.8. The average molecular weight is 338 g/mol. The highest BCUT2D eigenvalue weighted by Gasteiger charge is 2.12. The van der Waals surface area contributed by atoms with Crippen LogP contribution in [0.3, 0.4) is 0 Å². The van der Waals surface area contributed by atoms with Gasteiger partial charge in [0.2, 0.25) is 0 Å². The Hall–Kier alpha value is -0.640. The van der Waals surface area contributed by atoms with E-state index >= 15 is 0 Å². The van der Waals surface area contributed by atoms with Gasteiger partial charge in [-0.25, -0.2) is 0 Å². The first kappa shape index (κ1) is 14.8. The van der Waals surface area contributed by atoms with Gasteiger partial charge in [-0.1, -0.05) is 31.2 Å². The summed E-state index contributed by atoms with van der Waals surface area (Å²) in [5.41, 5.74) is 2.74. The number of benzene rings is 1. The summed E-state index contributed by atoms with van der Waals surface area (Å²) >= 11 is 5.30. The number of thiophene rings is 1. The molecule has 3 heteroatoms. The monoisotopic (exact) mass is 337 g/mol. The largest absolute Gasteiger partial charge is 0.303 e. The Labute approximate surface area is 128 Å². The zero-order valence-electron chi connectivity index (χ0n) is 11.6. The average Bonchev–Trinajstić information content (AvgIpc) is 2.85. The number of rotatable bonds is 5. The molecule has 102 valence electrons. The maximum atomic E-state index is 3.65. The molecule has 1 aromatic heterocycles. The van der Waals surface area contributed by atoms with E-state index in [0.29, 0.717) is 12.1 Å². The summed E-state index contributed by atoms with van der Waals surface area (Å²) in [7, 11) is 0. The van der Waals surface area contributed by atoms with Crippen molar-refractivity contribution in [3.05, 3.63) is 56.2 Å². The van der Waals surface area contributed by atoms with Gasteiger partial charge >= 0.3 is 0 Å². The van der Waals surface area contributed by atoms with E-state index in [4.69, 9.17) is 0 Å². The van der Waals surface area contributed by atoms with Gasteiger partial charge in [0, 0.05) is 26.8 Å². The van der Waals surface area contributed by atoms with Gasteiger partial charge in [0.25, 0.3) is 0 Å². The molecule has 2 aromatic rings. The Morgan fingerprint density at radius 1 is 1.16 bits per heavy atom. The topological polar surface area (TPSA) is 12.0 Å². The lowest BCUT2D eigenvalue weighted by molar-refractivity contribution is 0.500. The van der Waals surface area contributed by atoms with E-state index in [0.717, 1.165) is 6.42 Å². The Bertz CT molecular complexity index is 518. The van der Waals surface area contributed by atoms with E-state index in [1.165, 1.54) is 20.5 Å². The van der Waals surface area contributed by atoms with E-state index in [2.05, 4.69) is 77.7 Å². The molecule has 2 unspecified atom stereocenters. The summed E-state index contributed by atoms with van der Waals surface area (Å²) in [5.74, 6) is 0. The van der Waals surface area contributed by atoms with E-state index in [9.17, 15) is 0 Å². The van der Waals surface area contributed by atoms with Crippen molar-refractivity contribution in [1.29, 1.82) is 0 Å². The van der Waals surface area contributed by atoms with Gasteiger partial charge in [-0.2, -0.15) is 0 Å². The van der Waals surface area contributed by atoms with Crippen molar-refractivity contribution >= 4 is 27.3 Å². The first-order valence-corrected chi connectivity index (χ1v) is 8.36. The highest BCUT2D eigenvalue weighted by molar-refractivity contribution is 9.10. The minimum Gasteiger partial charge on any atom is -0.303 e. The van der Waals surface area contributed by atoms with Crippen molar-refractivity contribution in [3.8, 4) is 0 Å². The van der Waals surface area contributed by atoms with Gasteiger partial charge in [0.15, 0.2) is 0 Å². The van der Waals surface area contributed by atoms with Crippen LogP contribution in [0.2, 0.25) is 0 Å². The van der Waals surface area contributed by atoms with Crippen LogP contribution in [0.4, 0.5) is 0 Å². The first-order chi connectivity index (χ1) is 9.10. The summed E-state index contributed by atoms with van der Waals surface area (Å²) in [6.07, 6.45) is 1.10. The molecule has 0 radical (unpaired) electrons. The molecule has 2 atom stereocenters. The molecular weight excluding hydrogens is 318 g/mol. The zero-order chi connectivity index (χ0) is 13.8. The third-order valence-electron chi connectivity index (χ3n) is 3.40. The van der Waals surface area contributed by atoms with Crippen LogP contribution in [0.15, 0.2) is 40.2 Å². The van der Waals surface area contributed by atoms with Crippen molar-refractivity contribution in [1.82, 2.24) is 5.32 Å². The molecule has 1 N–H and O–H groups in total. The molecule has 1 aromatic carbocycles. The Morgan fingerprint density at radius 2 is 1.84 bits per heavy atom. The highest BCUT2D eigenvalue weighted by atomic mass is 79.9. The second-order valence-corrected chi connectivity index (χ2v) is 6.73. The number of nitrogens with one attached hydrogen (secondary N) is 1. The lowest BCUT2D eigenvalue weighted by Gasteiger charge is -2.19. The van der Waals surface area contributed by atoms with Gasteiger partial charge in [-0.05, 0) is 53.4 Å². The van der Waals surface area contributed by atoms with Crippen LogP contribution in [0.25, 0.3) is 0 Å². The fourth-order valence-corrected chi connectivity index (χ4v) is 3.61. The minimum atomic E-state index is 0.363. The van der Waals surface area contributed by atoms with Crippen LogP contribution in [-0.2, 0) is 6.42 Å². The predicted molar refractivity (Wildman–Crippen MR) is 87.8 cm³/mol. The molecule has 0 amide bonds. The maximum Gasteiger partial charge on any atom is 0.0391 e. The molecule has 0 aliphatic heterocycles. The fraction of sp³-hybridized carbons (Fsp3) is 0.375. The van der Waals surface area contributed by atoms with Crippen molar-refractivity contribution in [2.24, 2.45) is 0 Å². The first-order valence-electron chi connectivity index (χ1n) is 6.69. The van der Waals surface area contributed by atoms with E-state index < -0.39 is 0 Å². The molecule has 1 nitrogen and oxygen atoms in total. The molecule has 0 fully saturated rings. The zero-order valence-corrected chi connectivity index (χ0v) is 14.0. The van der Waals surface area contributed by atoms with E-state index in [1.807, 2.05) is 0 Å². The maximum absolute atomic E-state index is 3.65. The molecule has 0 spiro atoms. The van der Waals surface area contributed by atoms with Crippen LogP contribution < -0.4 is 5.32 Å². The lowest BCUT2D eigenvalue weighted by atomic mass is 10.0. The van der Waals surface area contributed by atoms with Crippen LogP contribution in [0.1, 0.15) is 48.9 Å². The minimum absolute atomic E-state index is 0.363. The van der Waals surface area contributed by atoms with Crippen molar-refractivity contribution in [2.45, 2.75) is 39.3 Å². The summed E-state index contributed by atoms with van der Waals surface area (Å²) in [4.78, 5) is 1.36. The van der Waals surface area contributed by atoms with Gasteiger partial charge in [0.05, 0.1) is 0 Å². The van der Waals surface area contributed by atoms with Crippen molar-refractivity contribution in [2.75, 3.05) is 0 Å². The van der Waals surface area contributed by atoms with Crippen molar-refractivity contribution < 1.29 is 0 Å². The highest BCUT2D eigenvalue weighted by Crippen LogP contribution is 2.27. The Kier molecular flexibility index (Phi) is 5.20. The van der Waals surface area contributed by atoms with Gasteiger partial charge in [-0.15, -0.1) is 11.3 Å². The molecule has 0 aliphatic rings. The quantitative estimate of drug-likeness (QED) is 0.761. The fourth-order valence-electron chi connectivity index (χ4n) is 2.15. The number of hydrogen-bond acceptors (Lipinski definition) is 2. The second kappa shape index (κ2) is 6.69. The van der Waals surface area contributed by atoms with Crippen LogP contribution in [0.5, 0.6) is 0 Å². The molecule has 2 rings (SSSR count). The molecule has 19 heavy (non-hydrogen) atoms. The normalized spacial score (nSPS) is 14.3. The van der Waals surface area contributed by atoms with E-state index in [1.54, 1.807) is 11.3 Å². The van der Waals surface area contributed by atoms with Gasteiger partial charge in [-0.3, -0.25) is 0 Å². The number of aryl methyl sites for hydroxylation is 1. The van der Waals surface area contributed by atoms with Crippen LogP contribution >= 0.6 is 27.3 Å². The third-order valence-corrected chi connectivity index (χ3v) is 5.28. The van der Waals surface area contributed by atoms with E-state index in [-0.39, 0.29) is 0 Å². The molecule has 0 aliphatic carbocycles. The van der Waals surface area contributed by atoms with Crippen LogP contribution in [-0.4, -0.2) is 0 Å². The van der Waals surface area contributed by atoms with Crippen molar-refractivity contribution in [3.63, 3.8) is 0 Å². The Morgan fingerprint density at radius 3 is 2.37 bits per heavy atom. The number of hydrogen-bond donors (Lipinski definition) is 1. The molecule has 1 heterocycles. The summed E-state index contributed by atoms with van der Waals surface area (Å²) in [6.45, 7) is 6.63. The predicted octanol–water partition coefficient (Wildman–Crippen LogP) is 5.48. The smallest absolute Gasteiger partial charge is 0.0391 e. The number of halogens is 1. The molecule has 0 saturated carbocycles. The third kappa shape index (κ3) is 3.91. The van der Waals surface area contributed by atoms with Crippen LogP contribution in [0, 0.1) is 0 Å². The molecular formula is C16H20BrNS. The SMILES string of the molecule is CCc1ccc(C(C)NC(C)c2cc(Br)cs2)cc1. The lowest BCUT2D eigenvalue weighted by Crippen LogP contribution is -2.21. The molecule has 0 saturated heterocycles. The second-order valence-electron chi connectivity index (χ2n) is 4.87. The standard InChI is InChI=1S/C16H20BrNS/c1-4-13-5-7-14(8-6-13)11(2)18-12(3)16-9-15(17)10-19-16/h5-12,18H,4H2,1-3H3.